The smallest absolute Gasteiger partial charge is 0.201 e. The van der Waals surface area contributed by atoms with Crippen LogP contribution in [-0.4, -0.2) is 13.2 Å². The second kappa shape index (κ2) is 12.0. The molecule has 4 rings (SSSR count). The molecule has 0 radical (unpaired) electrons. The van der Waals surface area contributed by atoms with Crippen molar-refractivity contribution in [3.63, 3.8) is 0 Å². The summed E-state index contributed by atoms with van der Waals surface area (Å²) in [6, 6.07) is 10.3. The van der Waals surface area contributed by atoms with Crippen LogP contribution < -0.4 is 9.47 Å². The normalized spacial score (nSPS) is 17.6. The maximum Gasteiger partial charge on any atom is 0.201 e. The molecule has 1 saturated carbocycles. The zero-order chi connectivity index (χ0) is 26.5. The van der Waals surface area contributed by atoms with Gasteiger partial charge < -0.3 is 9.47 Å². The largest absolute Gasteiger partial charge is 0.491 e. The molecule has 2 nitrogen and oxygen atoms in total. The molecule has 1 aliphatic carbocycles. The van der Waals surface area contributed by atoms with Gasteiger partial charge in [0.15, 0.2) is 23.1 Å². The van der Waals surface area contributed by atoms with Crippen molar-refractivity contribution >= 4 is 0 Å². The first kappa shape index (κ1) is 27.0. The molecule has 7 heteroatoms. The van der Waals surface area contributed by atoms with Crippen LogP contribution in [-0.2, 0) is 6.42 Å². The number of hydrogen-bond donors (Lipinski definition) is 0. The third kappa shape index (κ3) is 5.91. The van der Waals surface area contributed by atoms with E-state index in [0.29, 0.717) is 23.5 Å². The van der Waals surface area contributed by atoms with E-state index in [2.05, 4.69) is 0 Å². The van der Waals surface area contributed by atoms with Gasteiger partial charge in [-0.15, -0.1) is 0 Å². The lowest BCUT2D eigenvalue weighted by atomic mass is 9.76. The highest BCUT2D eigenvalue weighted by Crippen LogP contribution is 2.40. The minimum Gasteiger partial charge on any atom is -0.491 e. The average Bonchev–Trinajstić information content (AvgIpc) is 2.90. The molecule has 0 aliphatic heterocycles. The van der Waals surface area contributed by atoms with E-state index in [0.717, 1.165) is 32.1 Å². The third-order valence-electron chi connectivity index (χ3n) is 7.20. The highest BCUT2D eigenvalue weighted by molar-refractivity contribution is 5.65. The summed E-state index contributed by atoms with van der Waals surface area (Å²) in [6.07, 6.45) is 4.42. The molecule has 3 aromatic carbocycles. The third-order valence-corrected chi connectivity index (χ3v) is 7.20. The van der Waals surface area contributed by atoms with Crippen LogP contribution in [0.5, 0.6) is 11.5 Å². The Labute approximate surface area is 214 Å². The summed E-state index contributed by atoms with van der Waals surface area (Å²) >= 11 is 0. The predicted molar refractivity (Wildman–Crippen MR) is 133 cm³/mol. The van der Waals surface area contributed by atoms with Crippen LogP contribution >= 0.6 is 0 Å². The van der Waals surface area contributed by atoms with Crippen molar-refractivity contribution in [1.82, 2.24) is 0 Å². The number of rotatable bonds is 9. The highest BCUT2D eigenvalue weighted by atomic mass is 19.2. The van der Waals surface area contributed by atoms with Crippen LogP contribution in [0.3, 0.4) is 0 Å². The molecule has 3 aromatic rings. The van der Waals surface area contributed by atoms with Crippen molar-refractivity contribution in [2.45, 2.75) is 58.3 Å². The van der Waals surface area contributed by atoms with Crippen LogP contribution in [0, 0.1) is 35.0 Å². The fourth-order valence-electron chi connectivity index (χ4n) is 5.19. The molecule has 1 aliphatic rings. The first-order chi connectivity index (χ1) is 17.8. The van der Waals surface area contributed by atoms with E-state index < -0.39 is 29.1 Å². The van der Waals surface area contributed by atoms with E-state index >= 15 is 0 Å². The van der Waals surface area contributed by atoms with Crippen molar-refractivity contribution in [2.24, 2.45) is 5.92 Å². The Bertz CT molecular complexity index is 1240. The molecule has 0 aromatic heterocycles. The Morgan fingerprint density at radius 3 is 1.95 bits per heavy atom. The maximum absolute atomic E-state index is 14.8. The highest BCUT2D eigenvalue weighted by Gasteiger charge is 2.27. The second-order valence-electron chi connectivity index (χ2n) is 9.45. The molecule has 0 unspecified atom stereocenters. The number of hydrogen-bond acceptors (Lipinski definition) is 2. The number of halogens is 5. The molecule has 0 atom stereocenters. The van der Waals surface area contributed by atoms with E-state index in [1.54, 1.807) is 32.0 Å². The van der Waals surface area contributed by atoms with Crippen LogP contribution in [0.25, 0.3) is 11.1 Å². The standard InChI is InChI=1S/C30H31F5O2/c1-3-36-25-15-13-22(27(32)29(25)34)19-8-5-18(6-9-19)7-10-20-11-12-21(17-24(20)31)23-14-16-26(37-4-2)30(35)28(23)33/h11-19H,3-10H2,1-2H3. The average molecular weight is 519 g/mol. The summed E-state index contributed by atoms with van der Waals surface area (Å²) < 4.78 is 82.7. The van der Waals surface area contributed by atoms with Gasteiger partial charge in [0.1, 0.15) is 5.82 Å². The van der Waals surface area contributed by atoms with E-state index in [1.165, 1.54) is 24.3 Å². The molecule has 0 saturated heterocycles. The Kier molecular flexibility index (Phi) is 8.72. The number of aryl methyl sites for hydroxylation is 1. The van der Waals surface area contributed by atoms with Crippen molar-refractivity contribution in [2.75, 3.05) is 13.2 Å². The Balaban J connectivity index is 1.36. The first-order valence-corrected chi connectivity index (χ1v) is 12.8. The zero-order valence-corrected chi connectivity index (χ0v) is 21.1. The molecule has 0 amide bonds. The number of benzene rings is 3. The Morgan fingerprint density at radius 1 is 0.703 bits per heavy atom. The van der Waals surface area contributed by atoms with Gasteiger partial charge in [-0.25, -0.2) is 13.2 Å². The Morgan fingerprint density at radius 2 is 1.32 bits per heavy atom. The molecule has 37 heavy (non-hydrogen) atoms. The lowest BCUT2D eigenvalue weighted by Gasteiger charge is -2.29. The summed E-state index contributed by atoms with van der Waals surface area (Å²) in [6.45, 7) is 3.86. The zero-order valence-electron chi connectivity index (χ0n) is 21.1. The quantitative estimate of drug-likeness (QED) is 0.264. The molecular formula is C30H31F5O2. The van der Waals surface area contributed by atoms with Crippen molar-refractivity contribution in [1.29, 1.82) is 0 Å². The molecule has 1 fully saturated rings. The van der Waals surface area contributed by atoms with Gasteiger partial charge >= 0.3 is 0 Å². The SMILES string of the molecule is CCOc1ccc(-c2ccc(CCC3CCC(c4ccc(OCC)c(F)c4F)CC3)c(F)c2)c(F)c1F. The summed E-state index contributed by atoms with van der Waals surface area (Å²) in [5, 5.41) is 0. The van der Waals surface area contributed by atoms with E-state index in [9.17, 15) is 22.0 Å². The van der Waals surface area contributed by atoms with Crippen molar-refractivity contribution in [3.05, 3.63) is 82.7 Å². The lowest BCUT2D eigenvalue weighted by molar-refractivity contribution is 0.296. The van der Waals surface area contributed by atoms with Crippen LogP contribution in [0.4, 0.5) is 22.0 Å². The molecule has 0 bridgehead atoms. The van der Waals surface area contributed by atoms with E-state index in [1.807, 2.05) is 0 Å². The fraction of sp³-hybridized carbons (Fsp3) is 0.400. The van der Waals surface area contributed by atoms with Gasteiger partial charge in [-0.05, 0) is 105 Å². The van der Waals surface area contributed by atoms with Crippen molar-refractivity contribution in [3.8, 4) is 22.6 Å². The van der Waals surface area contributed by atoms with Gasteiger partial charge in [-0.2, -0.15) is 8.78 Å². The molecule has 0 N–H and O–H groups in total. The predicted octanol–water partition coefficient (Wildman–Crippen LogP) is 8.75. The summed E-state index contributed by atoms with van der Waals surface area (Å²) in [7, 11) is 0. The minimum atomic E-state index is -1.09. The molecule has 198 valence electrons. The van der Waals surface area contributed by atoms with Gasteiger partial charge in [0.2, 0.25) is 11.6 Å². The Hall–Kier alpha value is -3.09. The summed E-state index contributed by atoms with van der Waals surface area (Å²) in [4.78, 5) is 0. The number of ether oxygens (including phenoxy) is 2. The lowest BCUT2D eigenvalue weighted by Crippen LogP contribution is -2.16. The van der Waals surface area contributed by atoms with Gasteiger partial charge in [0.25, 0.3) is 0 Å². The molecule has 0 heterocycles. The van der Waals surface area contributed by atoms with Crippen LogP contribution in [0.1, 0.15) is 63.0 Å². The minimum absolute atomic E-state index is 0.0253. The first-order valence-electron chi connectivity index (χ1n) is 12.8. The van der Waals surface area contributed by atoms with Crippen molar-refractivity contribution < 1.29 is 31.4 Å². The van der Waals surface area contributed by atoms with Gasteiger partial charge in [0.05, 0.1) is 13.2 Å². The summed E-state index contributed by atoms with van der Waals surface area (Å²) in [5.74, 6) is -4.34. The maximum atomic E-state index is 14.8. The fourth-order valence-corrected chi connectivity index (χ4v) is 5.19. The van der Waals surface area contributed by atoms with Crippen LogP contribution in [0.15, 0.2) is 42.5 Å². The van der Waals surface area contributed by atoms with E-state index in [-0.39, 0.29) is 41.8 Å². The summed E-state index contributed by atoms with van der Waals surface area (Å²) in [5.41, 5.74) is 1.13. The molecular weight excluding hydrogens is 487 g/mol. The molecule has 0 spiro atoms. The van der Waals surface area contributed by atoms with Gasteiger partial charge in [0, 0.05) is 5.56 Å². The van der Waals surface area contributed by atoms with Gasteiger partial charge in [-0.3, -0.25) is 0 Å². The van der Waals surface area contributed by atoms with Gasteiger partial charge in [-0.1, -0.05) is 18.2 Å². The topological polar surface area (TPSA) is 18.5 Å². The monoisotopic (exact) mass is 518 g/mol. The van der Waals surface area contributed by atoms with Crippen LogP contribution in [0.2, 0.25) is 0 Å². The van der Waals surface area contributed by atoms with E-state index in [4.69, 9.17) is 9.47 Å². The second-order valence-corrected chi connectivity index (χ2v) is 9.45.